The fourth-order valence-electron chi connectivity index (χ4n) is 0.241. The van der Waals surface area contributed by atoms with E-state index in [9.17, 15) is 4.79 Å². The molecule has 2 N–H and O–H groups in total. The van der Waals surface area contributed by atoms with Gasteiger partial charge in [-0.3, -0.25) is 0 Å². The van der Waals surface area contributed by atoms with Crippen LogP contribution in [0.5, 0.6) is 0 Å². The zero-order valence-electron chi connectivity index (χ0n) is 5.08. The average molecular weight is 227 g/mol. The van der Waals surface area contributed by atoms with E-state index in [4.69, 9.17) is 10.2 Å². The number of hydrogen-bond donors (Lipinski definition) is 2. The summed E-state index contributed by atoms with van der Waals surface area (Å²) in [6.45, 7) is 3.48. The molecule has 1 atom stereocenters. The first kappa shape index (κ1) is 10.0. The van der Waals surface area contributed by atoms with Gasteiger partial charge in [-0.05, 0) is 4.48 Å². The molecule has 0 bridgehead atoms. The minimum atomic E-state index is -1.35. The third-order valence-electron chi connectivity index (χ3n) is 0.609. The van der Waals surface area contributed by atoms with Crippen molar-refractivity contribution in [2.45, 2.75) is 5.44 Å². The van der Waals surface area contributed by atoms with Crippen molar-refractivity contribution < 1.29 is 15.0 Å². The molecule has 0 heterocycles. The van der Waals surface area contributed by atoms with Crippen molar-refractivity contribution in [1.29, 1.82) is 0 Å². The van der Waals surface area contributed by atoms with Crippen molar-refractivity contribution >= 4 is 33.7 Å². The van der Waals surface area contributed by atoms with Crippen LogP contribution in [-0.2, 0) is 4.79 Å². The van der Waals surface area contributed by atoms with Crippen LogP contribution in [-0.4, -0.2) is 27.4 Å². The van der Waals surface area contributed by atoms with Gasteiger partial charge in [-0.15, -0.1) is 11.8 Å². The summed E-state index contributed by atoms with van der Waals surface area (Å²) in [6.07, 6.45) is 0. The molecular weight excluding hydrogens is 220 g/mol. The van der Waals surface area contributed by atoms with E-state index in [0.29, 0.717) is 10.2 Å². The van der Waals surface area contributed by atoms with Crippen LogP contribution in [0.15, 0.2) is 11.1 Å². The number of halogens is 1. The van der Waals surface area contributed by atoms with Crippen LogP contribution in [0.3, 0.4) is 0 Å². The van der Waals surface area contributed by atoms with Gasteiger partial charge >= 0.3 is 5.97 Å². The second-order valence-electron chi connectivity index (χ2n) is 1.52. The Bertz CT molecular complexity index is 148. The summed E-state index contributed by atoms with van der Waals surface area (Å²) >= 11 is 3.93. The topological polar surface area (TPSA) is 57.5 Å². The number of thioether (sulfide) groups is 1. The van der Waals surface area contributed by atoms with Gasteiger partial charge in [-0.25, -0.2) is 4.79 Å². The Morgan fingerprint density at radius 1 is 1.80 bits per heavy atom. The van der Waals surface area contributed by atoms with Crippen molar-refractivity contribution in [3.63, 3.8) is 0 Å². The Balaban J connectivity index is 3.49. The van der Waals surface area contributed by atoms with Crippen molar-refractivity contribution in [1.82, 2.24) is 0 Å². The molecule has 0 aromatic heterocycles. The van der Waals surface area contributed by atoms with Crippen LogP contribution in [0.2, 0.25) is 0 Å². The van der Waals surface area contributed by atoms with Crippen molar-refractivity contribution in [2.24, 2.45) is 0 Å². The number of carboxylic acid groups (broad SMARTS) is 1. The van der Waals surface area contributed by atoms with Crippen LogP contribution < -0.4 is 0 Å². The highest BCUT2D eigenvalue weighted by molar-refractivity contribution is 9.11. The molecule has 0 amide bonds. The number of rotatable bonds is 4. The van der Waals surface area contributed by atoms with Gasteiger partial charge in [0.15, 0.2) is 5.44 Å². The van der Waals surface area contributed by atoms with Gasteiger partial charge in [0.25, 0.3) is 0 Å². The maximum atomic E-state index is 10.00. The lowest BCUT2D eigenvalue weighted by atomic mass is 10.7. The van der Waals surface area contributed by atoms with E-state index in [1.54, 1.807) is 0 Å². The van der Waals surface area contributed by atoms with Gasteiger partial charge in [-0.1, -0.05) is 22.5 Å². The summed E-state index contributed by atoms with van der Waals surface area (Å²) in [5.74, 6) is -0.827. The molecule has 0 saturated heterocycles. The summed E-state index contributed by atoms with van der Waals surface area (Å²) in [5.41, 5.74) is -1.35. The molecular formula is C5H7BrO3S. The molecule has 0 aliphatic carbocycles. The largest absolute Gasteiger partial charge is 0.479 e. The van der Waals surface area contributed by atoms with Crippen LogP contribution in [0.4, 0.5) is 0 Å². The van der Waals surface area contributed by atoms with Gasteiger partial charge in [-0.2, -0.15) is 0 Å². The highest BCUT2D eigenvalue weighted by Crippen LogP contribution is 2.15. The molecule has 0 aliphatic heterocycles. The van der Waals surface area contributed by atoms with Crippen molar-refractivity contribution in [2.75, 3.05) is 5.75 Å². The van der Waals surface area contributed by atoms with Gasteiger partial charge in [0.1, 0.15) is 0 Å². The Morgan fingerprint density at radius 3 is 2.60 bits per heavy atom. The van der Waals surface area contributed by atoms with Crippen LogP contribution in [0.25, 0.3) is 0 Å². The van der Waals surface area contributed by atoms with Crippen molar-refractivity contribution in [3.8, 4) is 0 Å². The van der Waals surface area contributed by atoms with E-state index < -0.39 is 11.4 Å². The first-order chi connectivity index (χ1) is 4.54. The lowest BCUT2D eigenvalue weighted by Gasteiger charge is -2.02. The predicted molar refractivity (Wildman–Crippen MR) is 44.2 cm³/mol. The van der Waals surface area contributed by atoms with E-state index in [2.05, 4.69) is 22.5 Å². The lowest BCUT2D eigenvalue weighted by molar-refractivity contribution is -0.141. The van der Waals surface area contributed by atoms with Gasteiger partial charge in [0, 0.05) is 5.75 Å². The van der Waals surface area contributed by atoms with E-state index in [-0.39, 0.29) is 0 Å². The van der Waals surface area contributed by atoms with E-state index in [1.165, 1.54) is 0 Å². The second-order valence-corrected chi connectivity index (χ2v) is 3.71. The standard InChI is InChI=1S/C5H7BrO3S/c1-3(6)2-10-5(9)4(7)8/h5,9H,1-2H2,(H,7,8). The molecule has 0 radical (unpaired) electrons. The number of carbonyl (C=O) groups is 1. The highest BCUT2D eigenvalue weighted by Gasteiger charge is 2.12. The van der Waals surface area contributed by atoms with Gasteiger partial charge < -0.3 is 10.2 Å². The summed E-state index contributed by atoms with van der Waals surface area (Å²) in [4.78, 5) is 10.00. The Kier molecular flexibility index (Phi) is 4.76. The van der Waals surface area contributed by atoms with Crippen LogP contribution in [0.1, 0.15) is 0 Å². The molecule has 0 fully saturated rings. The lowest BCUT2D eigenvalue weighted by Crippen LogP contribution is -2.15. The van der Waals surface area contributed by atoms with E-state index >= 15 is 0 Å². The fourth-order valence-corrected chi connectivity index (χ4v) is 1.12. The van der Waals surface area contributed by atoms with Gasteiger partial charge in [0.2, 0.25) is 0 Å². The molecule has 10 heavy (non-hydrogen) atoms. The van der Waals surface area contributed by atoms with Gasteiger partial charge in [0.05, 0.1) is 0 Å². The predicted octanol–water partition coefficient (Wildman–Crippen LogP) is 1.03. The number of aliphatic carboxylic acids is 1. The molecule has 58 valence electrons. The first-order valence-corrected chi connectivity index (χ1v) is 4.24. The Labute approximate surface area is 71.3 Å². The molecule has 5 heteroatoms. The molecule has 0 saturated carbocycles. The molecule has 1 unspecified atom stereocenters. The third-order valence-corrected chi connectivity index (χ3v) is 2.29. The number of hydrogen-bond acceptors (Lipinski definition) is 3. The fraction of sp³-hybridized carbons (Fsp3) is 0.400. The highest BCUT2D eigenvalue weighted by atomic mass is 79.9. The summed E-state index contributed by atoms with van der Waals surface area (Å²) < 4.78 is 0.665. The van der Waals surface area contributed by atoms with Crippen LogP contribution >= 0.6 is 27.7 Å². The maximum Gasteiger partial charge on any atom is 0.343 e. The first-order valence-electron chi connectivity index (χ1n) is 2.40. The quantitative estimate of drug-likeness (QED) is 0.704. The van der Waals surface area contributed by atoms with E-state index in [1.807, 2.05) is 0 Å². The summed E-state index contributed by atoms with van der Waals surface area (Å²) in [5, 5.41) is 16.9. The van der Waals surface area contributed by atoms with Crippen LogP contribution in [0, 0.1) is 0 Å². The maximum absolute atomic E-state index is 10.00. The smallest absolute Gasteiger partial charge is 0.343 e. The minimum absolute atomic E-state index is 0.396. The Hall–Kier alpha value is -0.000000000000000111. The molecule has 0 aromatic rings. The molecule has 0 spiro atoms. The normalized spacial score (nSPS) is 12.6. The zero-order chi connectivity index (χ0) is 8.15. The molecule has 3 nitrogen and oxygen atoms in total. The second kappa shape index (κ2) is 4.76. The third kappa shape index (κ3) is 4.84. The van der Waals surface area contributed by atoms with E-state index in [0.717, 1.165) is 11.8 Å². The monoisotopic (exact) mass is 226 g/mol. The summed E-state index contributed by atoms with van der Waals surface area (Å²) in [6, 6.07) is 0. The minimum Gasteiger partial charge on any atom is -0.479 e. The number of aliphatic hydroxyl groups excluding tert-OH is 1. The van der Waals surface area contributed by atoms with Crippen molar-refractivity contribution in [3.05, 3.63) is 11.1 Å². The Morgan fingerprint density at radius 2 is 2.30 bits per heavy atom. The summed E-state index contributed by atoms with van der Waals surface area (Å²) in [7, 11) is 0. The molecule has 0 aromatic carbocycles. The SMILES string of the molecule is C=C(Br)CSC(O)C(=O)O. The average Bonchev–Trinajstić information content (AvgIpc) is 1.82. The molecule has 0 rings (SSSR count). The zero-order valence-corrected chi connectivity index (χ0v) is 7.48. The number of aliphatic hydroxyl groups is 1. The molecule has 0 aliphatic rings. The number of carboxylic acids is 1.